The normalized spacial score (nSPS) is 12.5. The second-order valence-corrected chi connectivity index (χ2v) is 3.16. The molecule has 0 unspecified atom stereocenters. The van der Waals surface area contributed by atoms with E-state index >= 15 is 0 Å². The van der Waals surface area contributed by atoms with Crippen LogP contribution in [0.25, 0.3) is 0 Å². The smallest absolute Gasteiger partial charge is 0.330 e. The molecule has 0 aliphatic heterocycles. The number of hydrogen-bond donors (Lipinski definition) is 4. The fraction of sp³-hybridized carbons (Fsp3) is 1.00. The van der Waals surface area contributed by atoms with E-state index in [-0.39, 0.29) is 13.0 Å². The third kappa shape index (κ3) is 2.36. The van der Waals surface area contributed by atoms with Gasteiger partial charge < -0.3 is 5.73 Å². The zero-order valence-electron chi connectivity index (χ0n) is 7.96. The molecule has 0 aromatic rings. The molecule has 0 spiro atoms. The molecule has 10 nitrogen and oxygen atoms in total. The summed E-state index contributed by atoms with van der Waals surface area (Å²) < 4.78 is 0. The fourth-order valence-corrected chi connectivity index (χ4v) is 1.13. The van der Waals surface area contributed by atoms with Gasteiger partial charge in [0, 0.05) is 0 Å². The van der Waals surface area contributed by atoms with E-state index in [1.165, 1.54) is 0 Å². The first-order valence-electron chi connectivity index (χ1n) is 4.06. The average molecular weight is 222 g/mol. The minimum atomic E-state index is -2.81. The maximum atomic E-state index is 10.7. The highest BCUT2D eigenvalue weighted by atomic mass is 16.7. The number of rotatable bonds is 6. The largest absolute Gasteiger partial charge is 0.501 e. The summed E-state index contributed by atoms with van der Waals surface area (Å²) in [5.74, 6) is -2.55. The van der Waals surface area contributed by atoms with Crippen LogP contribution >= 0.6 is 0 Å². The summed E-state index contributed by atoms with van der Waals surface area (Å²) in [7, 11) is 0. The zero-order valence-corrected chi connectivity index (χ0v) is 7.96. The molecule has 0 aliphatic rings. The fourth-order valence-electron chi connectivity index (χ4n) is 1.13. The molecule has 0 aromatic carbocycles. The van der Waals surface area contributed by atoms with E-state index in [0.29, 0.717) is 0 Å². The van der Waals surface area contributed by atoms with Crippen molar-refractivity contribution in [1.82, 2.24) is 0 Å². The van der Waals surface area contributed by atoms with Crippen LogP contribution in [-0.2, 0) is 0 Å². The quantitative estimate of drug-likeness (QED) is 0.215. The first kappa shape index (κ1) is 13.6. The van der Waals surface area contributed by atoms with Crippen molar-refractivity contribution in [2.45, 2.75) is 24.3 Å². The maximum absolute atomic E-state index is 10.7. The molecule has 15 heavy (non-hydrogen) atoms. The standard InChI is InChI=1S/C5H14N6O4/c6-3-1-2-4(10(12)13,11(14)15)5(7,8)9/h1-3,6-9H2. The summed E-state index contributed by atoms with van der Waals surface area (Å²) >= 11 is 0. The molecule has 8 N–H and O–H groups in total. The molecular formula is C5H14N6O4. The molecule has 0 heterocycles. The van der Waals surface area contributed by atoms with E-state index in [2.05, 4.69) is 0 Å². The minimum absolute atomic E-state index is 0.0231. The van der Waals surface area contributed by atoms with Gasteiger partial charge in [0.15, 0.2) is 0 Å². The molecule has 0 aromatic heterocycles. The lowest BCUT2D eigenvalue weighted by molar-refractivity contribution is -0.808. The molecule has 10 heteroatoms. The summed E-state index contributed by atoms with van der Waals surface area (Å²) in [5.41, 5.74) is 17.6. The lowest BCUT2D eigenvalue weighted by Gasteiger charge is -2.27. The van der Waals surface area contributed by atoms with E-state index in [1.54, 1.807) is 0 Å². The molecule has 0 amide bonds. The molecule has 0 rings (SSSR count). The van der Waals surface area contributed by atoms with Crippen molar-refractivity contribution in [2.24, 2.45) is 22.9 Å². The van der Waals surface area contributed by atoms with Crippen LogP contribution < -0.4 is 22.9 Å². The van der Waals surface area contributed by atoms with Gasteiger partial charge in [-0.15, -0.1) is 0 Å². The molecule has 88 valence electrons. The van der Waals surface area contributed by atoms with Crippen molar-refractivity contribution < 1.29 is 9.85 Å². The summed E-state index contributed by atoms with van der Waals surface area (Å²) in [6.07, 6.45) is -0.498. The summed E-state index contributed by atoms with van der Waals surface area (Å²) in [6.45, 7) is 0.0412. The lowest BCUT2D eigenvalue weighted by Crippen LogP contribution is -2.78. The van der Waals surface area contributed by atoms with Crippen LogP contribution in [0.4, 0.5) is 0 Å². The van der Waals surface area contributed by atoms with Crippen molar-refractivity contribution >= 4 is 0 Å². The number of nitrogens with two attached hydrogens (primary N) is 4. The molecule has 0 bridgehead atoms. The number of nitro groups is 2. The third-order valence-electron chi connectivity index (χ3n) is 2.03. The van der Waals surface area contributed by atoms with E-state index in [1.807, 2.05) is 0 Å². The van der Waals surface area contributed by atoms with Gasteiger partial charge in [-0.2, -0.15) is 0 Å². The van der Waals surface area contributed by atoms with Gasteiger partial charge >= 0.3 is 5.66 Å². The third-order valence-corrected chi connectivity index (χ3v) is 2.03. The lowest BCUT2D eigenvalue weighted by atomic mass is 9.98. The van der Waals surface area contributed by atoms with E-state index in [9.17, 15) is 20.2 Å². The van der Waals surface area contributed by atoms with Crippen molar-refractivity contribution in [3.63, 3.8) is 0 Å². The van der Waals surface area contributed by atoms with Crippen LogP contribution in [0.1, 0.15) is 12.8 Å². The van der Waals surface area contributed by atoms with Crippen molar-refractivity contribution in [1.29, 1.82) is 0 Å². The van der Waals surface area contributed by atoms with E-state index < -0.39 is 27.7 Å². The summed E-state index contributed by atoms with van der Waals surface area (Å²) in [5, 5.41) is 21.4. The van der Waals surface area contributed by atoms with Gasteiger partial charge in [-0.1, -0.05) is 0 Å². The Morgan fingerprint density at radius 2 is 1.47 bits per heavy atom. The number of nitrogens with zero attached hydrogens (tertiary/aromatic N) is 2. The molecule has 0 saturated carbocycles. The Kier molecular flexibility index (Phi) is 4.04. The topological polar surface area (TPSA) is 190 Å². The molecule has 0 atom stereocenters. The molecular weight excluding hydrogens is 208 g/mol. The highest BCUT2D eigenvalue weighted by Gasteiger charge is 2.67. The Labute approximate surface area is 84.9 Å². The Morgan fingerprint density at radius 1 is 1.07 bits per heavy atom. The minimum Gasteiger partial charge on any atom is -0.330 e. The van der Waals surface area contributed by atoms with Gasteiger partial charge in [0.2, 0.25) is 0 Å². The Morgan fingerprint density at radius 3 is 1.67 bits per heavy atom. The van der Waals surface area contributed by atoms with Gasteiger partial charge in [-0.05, 0) is 13.0 Å². The van der Waals surface area contributed by atoms with Gasteiger partial charge in [-0.3, -0.25) is 37.4 Å². The SMILES string of the molecule is NCCCC([N+](=O)[O-])([N+](=O)[O-])C(N)(N)N. The van der Waals surface area contributed by atoms with Crippen LogP contribution in [0, 0.1) is 20.2 Å². The predicted molar refractivity (Wildman–Crippen MR) is 50.3 cm³/mol. The second-order valence-electron chi connectivity index (χ2n) is 3.16. The van der Waals surface area contributed by atoms with Crippen molar-refractivity contribution in [3.8, 4) is 0 Å². The van der Waals surface area contributed by atoms with Crippen LogP contribution in [0.15, 0.2) is 0 Å². The second kappa shape index (κ2) is 4.44. The Hall–Kier alpha value is -1.36. The molecule has 0 fully saturated rings. The summed E-state index contributed by atoms with van der Waals surface area (Å²) in [6, 6.07) is 0. The Bertz CT molecular complexity index is 247. The van der Waals surface area contributed by atoms with Crippen molar-refractivity contribution in [2.75, 3.05) is 6.54 Å². The van der Waals surface area contributed by atoms with E-state index in [4.69, 9.17) is 22.9 Å². The van der Waals surface area contributed by atoms with Crippen molar-refractivity contribution in [3.05, 3.63) is 20.2 Å². The first-order valence-corrected chi connectivity index (χ1v) is 4.06. The zero-order chi connectivity index (χ0) is 12.3. The monoisotopic (exact) mass is 222 g/mol. The molecule has 0 saturated heterocycles. The van der Waals surface area contributed by atoms with Gasteiger partial charge in [0.25, 0.3) is 5.79 Å². The highest BCUT2D eigenvalue weighted by molar-refractivity contribution is 4.87. The highest BCUT2D eigenvalue weighted by Crippen LogP contribution is 2.23. The molecule has 0 radical (unpaired) electrons. The van der Waals surface area contributed by atoms with Crippen LogP contribution in [0.3, 0.4) is 0 Å². The van der Waals surface area contributed by atoms with Gasteiger partial charge in [0.05, 0.1) is 6.42 Å². The van der Waals surface area contributed by atoms with E-state index in [0.717, 1.165) is 0 Å². The summed E-state index contributed by atoms with van der Waals surface area (Å²) in [4.78, 5) is 19.0. The van der Waals surface area contributed by atoms with Gasteiger partial charge in [0.1, 0.15) is 9.85 Å². The number of hydrogen-bond acceptors (Lipinski definition) is 8. The maximum Gasteiger partial charge on any atom is 0.501 e. The average Bonchev–Trinajstić information content (AvgIpc) is 2.01. The van der Waals surface area contributed by atoms with Crippen LogP contribution in [-0.4, -0.2) is 27.8 Å². The van der Waals surface area contributed by atoms with Gasteiger partial charge in [-0.25, -0.2) is 0 Å². The predicted octanol–water partition coefficient (Wildman–Crippen LogP) is -2.50. The van der Waals surface area contributed by atoms with Crippen LogP contribution in [0.2, 0.25) is 0 Å². The Balaban J connectivity index is 5.29. The first-order chi connectivity index (χ1) is 6.70. The molecule has 0 aliphatic carbocycles. The van der Waals surface area contributed by atoms with Crippen LogP contribution in [0.5, 0.6) is 0 Å².